The molecule has 3 aromatic rings. The maximum atomic E-state index is 12.2. The quantitative estimate of drug-likeness (QED) is 0.691. The predicted octanol–water partition coefficient (Wildman–Crippen LogP) is 3.37. The first-order chi connectivity index (χ1) is 12.2. The van der Waals surface area contributed by atoms with Gasteiger partial charge in [-0.25, -0.2) is 4.98 Å². The zero-order chi connectivity index (χ0) is 17.2. The van der Waals surface area contributed by atoms with Crippen LogP contribution in [0.5, 0.6) is 0 Å². The van der Waals surface area contributed by atoms with E-state index in [9.17, 15) is 9.59 Å². The number of amides is 2. The third-order valence-corrected chi connectivity index (χ3v) is 6.11. The molecule has 0 radical (unpaired) electrons. The van der Waals surface area contributed by atoms with E-state index in [-0.39, 0.29) is 18.2 Å². The number of thiazole rings is 1. The molecule has 1 aliphatic heterocycles. The number of thiophene rings is 1. The van der Waals surface area contributed by atoms with Crippen LogP contribution in [0.2, 0.25) is 0 Å². The fourth-order valence-corrected chi connectivity index (χ4v) is 4.65. The molecule has 0 saturated carbocycles. The van der Waals surface area contributed by atoms with Crippen molar-refractivity contribution in [2.45, 2.75) is 17.9 Å². The van der Waals surface area contributed by atoms with E-state index in [0.29, 0.717) is 21.6 Å². The molecular weight excluding hydrogens is 380 g/mol. The summed E-state index contributed by atoms with van der Waals surface area (Å²) in [5, 5.41) is 13.5. The van der Waals surface area contributed by atoms with Crippen molar-refractivity contribution in [1.29, 1.82) is 0 Å². The average Bonchev–Trinajstić information content (AvgIpc) is 3.33. The molecule has 10 heteroatoms. The van der Waals surface area contributed by atoms with Gasteiger partial charge in [0.15, 0.2) is 5.13 Å². The minimum atomic E-state index is -0.225. The summed E-state index contributed by atoms with van der Waals surface area (Å²) in [6.07, 6.45) is 0.105. The van der Waals surface area contributed by atoms with Gasteiger partial charge in [0.1, 0.15) is 0 Å². The van der Waals surface area contributed by atoms with Gasteiger partial charge >= 0.3 is 0 Å². The van der Waals surface area contributed by atoms with Gasteiger partial charge in [0.2, 0.25) is 11.8 Å². The minimum absolute atomic E-state index is 0.105. The summed E-state index contributed by atoms with van der Waals surface area (Å²) in [5.74, 6) is 1.61. The molecule has 1 aliphatic rings. The van der Waals surface area contributed by atoms with Gasteiger partial charge in [0.05, 0.1) is 28.2 Å². The Bertz CT molecular complexity index is 917. The van der Waals surface area contributed by atoms with Gasteiger partial charge in [0, 0.05) is 16.9 Å². The first kappa shape index (κ1) is 16.3. The number of hydrogen-bond donors (Lipinski definition) is 2. The lowest BCUT2D eigenvalue weighted by molar-refractivity contribution is -0.115. The number of aromatic nitrogens is 2. The van der Waals surface area contributed by atoms with Crippen LogP contribution in [0.3, 0.4) is 0 Å². The third-order valence-electron chi connectivity index (χ3n) is 3.47. The Morgan fingerprint density at radius 2 is 2.16 bits per heavy atom. The summed E-state index contributed by atoms with van der Waals surface area (Å²) in [6.45, 7) is 0. The number of fused-ring (bicyclic) bond motifs is 1. The van der Waals surface area contributed by atoms with Crippen LogP contribution in [0.15, 0.2) is 27.4 Å². The van der Waals surface area contributed by atoms with Crippen molar-refractivity contribution in [3.05, 3.63) is 44.7 Å². The molecular formula is C15H12N4O3S3. The van der Waals surface area contributed by atoms with E-state index < -0.39 is 0 Å². The SMILES string of the molecule is O=C(Cc1csc(NC(=O)c2cccs2)n1)Nc1onc2c1CSC2. The number of nitrogens with one attached hydrogen (secondary N) is 2. The molecule has 3 aromatic heterocycles. The van der Waals surface area contributed by atoms with Crippen LogP contribution in [-0.2, 0) is 22.7 Å². The van der Waals surface area contributed by atoms with Crippen LogP contribution >= 0.6 is 34.4 Å². The molecule has 128 valence electrons. The second kappa shape index (κ2) is 6.98. The average molecular weight is 392 g/mol. The lowest BCUT2D eigenvalue weighted by atomic mass is 10.2. The zero-order valence-electron chi connectivity index (χ0n) is 12.8. The lowest BCUT2D eigenvalue weighted by Crippen LogP contribution is -2.15. The Hall–Kier alpha value is -2.17. The van der Waals surface area contributed by atoms with Crippen LogP contribution in [0.25, 0.3) is 0 Å². The fourth-order valence-electron chi connectivity index (χ4n) is 2.30. The monoisotopic (exact) mass is 392 g/mol. The number of carbonyl (C=O) groups excluding carboxylic acids is 2. The molecule has 0 fully saturated rings. The van der Waals surface area contributed by atoms with E-state index in [1.807, 2.05) is 11.4 Å². The second-order valence-electron chi connectivity index (χ2n) is 5.23. The van der Waals surface area contributed by atoms with Crippen molar-refractivity contribution >= 4 is 57.3 Å². The van der Waals surface area contributed by atoms with E-state index in [2.05, 4.69) is 20.8 Å². The van der Waals surface area contributed by atoms with Crippen molar-refractivity contribution in [3.63, 3.8) is 0 Å². The first-order valence-corrected chi connectivity index (χ1v) is 10.2. The molecule has 0 unspecified atom stereocenters. The number of rotatable bonds is 5. The van der Waals surface area contributed by atoms with E-state index in [1.165, 1.54) is 22.7 Å². The molecule has 7 nitrogen and oxygen atoms in total. The standard InChI is InChI=1S/C15H12N4O3S3/c20-12(17-14-9-6-23-7-10(9)19-22-14)4-8-5-25-15(16-8)18-13(21)11-2-1-3-24-11/h1-3,5H,4,6-7H2,(H,17,20)(H,16,18,21). The van der Waals surface area contributed by atoms with Gasteiger partial charge in [0.25, 0.3) is 5.91 Å². The van der Waals surface area contributed by atoms with Gasteiger partial charge in [-0.3, -0.25) is 20.2 Å². The summed E-state index contributed by atoms with van der Waals surface area (Å²) in [4.78, 5) is 29.1. The Labute approximate surface area is 154 Å². The summed E-state index contributed by atoms with van der Waals surface area (Å²) in [5.41, 5.74) is 2.45. The molecule has 0 atom stereocenters. The molecule has 2 amide bonds. The second-order valence-corrected chi connectivity index (χ2v) is 8.02. The van der Waals surface area contributed by atoms with E-state index in [0.717, 1.165) is 22.8 Å². The minimum Gasteiger partial charge on any atom is -0.338 e. The smallest absolute Gasteiger partial charge is 0.267 e. The molecule has 0 aromatic carbocycles. The normalized spacial score (nSPS) is 12.8. The summed E-state index contributed by atoms with van der Waals surface area (Å²) in [6, 6.07) is 3.56. The highest BCUT2D eigenvalue weighted by Gasteiger charge is 2.23. The Kier molecular flexibility index (Phi) is 4.55. The molecule has 0 spiro atoms. The maximum absolute atomic E-state index is 12.2. The van der Waals surface area contributed by atoms with Crippen molar-refractivity contribution < 1.29 is 14.1 Å². The Morgan fingerprint density at radius 3 is 3.00 bits per heavy atom. The molecule has 4 heterocycles. The number of nitrogens with zero attached hydrogens (tertiary/aromatic N) is 2. The van der Waals surface area contributed by atoms with Crippen LogP contribution in [0.4, 0.5) is 11.0 Å². The summed E-state index contributed by atoms with van der Waals surface area (Å²) in [7, 11) is 0. The maximum Gasteiger partial charge on any atom is 0.267 e. The lowest BCUT2D eigenvalue weighted by Gasteiger charge is -2.01. The van der Waals surface area contributed by atoms with E-state index in [4.69, 9.17) is 4.52 Å². The van der Waals surface area contributed by atoms with Gasteiger partial charge in [-0.2, -0.15) is 11.8 Å². The van der Waals surface area contributed by atoms with Crippen molar-refractivity contribution in [2.75, 3.05) is 10.6 Å². The molecule has 4 rings (SSSR count). The van der Waals surface area contributed by atoms with Crippen molar-refractivity contribution in [2.24, 2.45) is 0 Å². The van der Waals surface area contributed by atoms with Crippen molar-refractivity contribution in [1.82, 2.24) is 10.1 Å². The highest BCUT2D eigenvalue weighted by Crippen LogP contribution is 2.34. The number of thioether (sulfide) groups is 1. The summed E-state index contributed by atoms with van der Waals surface area (Å²) < 4.78 is 5.18. The van der Waals surface area contributed by atoms with Crippen LogP contribution in [-0.4, -0.2) is 22.0 Å². The Balaban J connectivity index is 1.36. The highest BCUT2D eigenvalue weighted by atomic mass is 32.2. The molecule has 0 saturated heterocycles. The Morgan fingerprint density at radius 1 is 1.24 bits per heavy atom. The summed E-state index contributed by atoms with van der Waals surface area (Å²) >= 11 is 4.39. The molecule has 0 bridgehead atoms. The van der Waals surface area contributed by atoms with Crippen LogP contribution in [0.1, 0.15) is 26.6 Å². The van der Waals surface area contributed by atoms with Crippen LogP contribution in [0, 0.1) is 0 Å². The highest BCUT2D eigenvalue weighted by molar-refractivity contribution is 7.98. The van der Waals surface area contributed by atoms with Gasteiger partial charge in [-0.15, -0.1) is 22.7 Å². The van der Waals surface area contributed by atoms with Gasteiger partial charge in [-0.05, 0) is 11.4 Å². The molecule has 0 aliphatic carbocycles. The van der Waals surface area contributed by atoms with Crippen LogP contribution < -0.4 is 10.6 Å². The zero-order valence-corrected chi connectivity index (χ0v) is 15.2. The van der Waals surface area contributed by atoms with E-state index in [1.54, 1.807) is 23.2 Å². The fraction of sp³-hybridized carbons (Fsp3) is 0.200. The topological polar surface area (TPSA) is 97.1 Å². The largest absolute Gasteiger partial charge is 0.338 e. The number of anilines is 2. The van der Waals surface area contributed by atoms with Gasteiger partial charge in [-0.1, -0.05) is 11.2 Å². The van der Waals surface area contributed by atoms with E-state index >= 15 is 0 Å². The predicted molar refractivity (Wildman–Crippen MR) is 98.2 cm³/mol. The first-order valence-electron chi connectivity index (χ1n) is 7.33. The number of hydrogen-bond acceptors (Lipinski definition) is 8. The number of carbonyl (C=O) groups is 2. The molecule has 25 heavy (non-hydrogen) atoms. The molecule has 2 N–H and O–H groups in total. The van der Waals surface area contributed by atoms with Crippen molar-refractivity contribution in [3.8, 4) is 0 Å². The van der Waals surface area contributed by atoms with Gasteiger partial charge < -0.3 is 4.52 Å². The third kappa shape index (κ3) is 3.60.